The largest absolute Gasteiger partial charge is 0.339 e. The van der Waals surface area contributed by atoms with E-state index in [1.165, 1.54) is 17.6 Å². The molecule has 0 aliphatic rings. The zero-order valence-electron chi connectivity index (χ0n) is 20.4. The van der Waals surface area contributed by atoms with Crippen LogP contribution >= 0.6 is 0 Å². The molecule has 0 fully saturated rings. The first kappa shape index (κ1) is 31.5. The zero-order chi connectivity index (χ0) is 28.4. The number of benzene rings is 3. The molecule has 40 heavy (non-hydrogen) atoms. The van der Waals surface area contributed by atoms with E-state index < -0.39 is 41.2 Å². The summed E-state index contributed by atoms with van der Waals surface area (Å²) in [6, 6.07) is 13.8. The lowest BCUT2D eigenvalue weighted by atomic mass is 10.1. The van der Waals surface area contributed by atoms with Crippen molar-refractivity contribution in [1.82, 2.24) is 16.1 Å². The predicted molar refractivity (Wildman–Crippen MR) is 142 cm³/mol. The fraction of sp³-hybridized carbons (Fsp3) is 0.179. The van der Waals surface area contributed by atoms with Gasteiger partial charge in [0.1, 0.15) is 6.04 Å². The number of anilines is 1. The SMILES string of the molecule is C.NC[C@H](NC(=O)c1ccc(C#Cc2ccc(NC(=O)CNCc3ccc(F)c(F)c3F)cc2)cc1)C(=O)NO. The van der Waals surface area contributed by atoms with E-state index in [1.54, 1.807) is 36.4 Å². The summed E-state index contributed by atoms with van der Waals surface area (Å²) in [5, 5.41) is 16.4. The van der Waals surface area contributed by atoms with E-state index in [2.05, 4.69) is 27.8 Å². The van der Waals surface area contributed by atoms with Crippen molar-refractivity contribution in [1.29, 1.82) is 0 Å². The molecule has 0 heterocycles. The van der Waals surface area contributed by atoms with Crippen molar-refractivity contribution in [3.8, 4) is 11.8 Å². The average molecular weight is 556 g/mol. The first-order chi connectivity index (χ1) is 18.7. The maximum atomic E-state index is 13.7. The normalized spacial score (nSPS) is 10.8. The van der Waals surface area contributed by atoms with E-state index in [4.69, 9.17) is 10.9 Å². The van der Waals surface area contributed by atoms with Crippen LogP contribution in [0.2, 0.25) is 0 Å². The smallest absolute Gasteiger partial charge is 0.267 e. The monoisotopic (exact) mass is 555 g/mol. The van der Waals surface area contributed by atoms with Crippen LogP contribution in [0.1, 0.15) is 34.5 Å². The van der Waals surface area contributed by atoms with Gasteiger partial charge in [0.05, 0.1) is 6.54 Å². The molecule has 0 aliphatic heterocycles. The molecule has 0 aromatic heterocycles. The van der Waals surface area contributed by atoms with Crippen molar-refractivity contribution in [3.63, 3.8) is 0 Å². The van der Waals surface area contributed by atoms with E-state index in [9.17, 15) is 27.6 Å². The molecule has 3 aromatic rings. The molecule has 7 N–H and O–H groups in total. The second-order valence-electron chi connectivity index (χ2n) is 8.13. The Morgan fingerprint density at radius 1 is 0.875 bits per heavy atom. The van der Waals surface area contributed by atoms with Crippen molar-refractivity contribution in [3.05, 3.63) is 100 Å². The quantitative estimate of drug-likeness (QED) is 0.104. The Balaban J connectivity index is 0.00000560. The molecule has 0 saturated heterocycles. The number of carbonyl (C=O) groups is 3. The number of nitrogens with one attached hydrogen (secondary N) is 4. The number of carbonyl (C=O) groups excluding carboxylic acids is 3. The molecule has 0 saturated carbocycles. The number of hydrogen-bond acceptors (Lipinski definition) is 6. The lowest BCUT2D eigenvalue weighted by molar-refractivity contribution is -0.130. The highest BCUT2D eigenvalue weighted by atomic mass is 19.2. The number of halogens is 3. The van der Waals surface area contributed by atoms with Crippen molar-refractivity contribution < 1.29 is 32.8 Å². The molecule has 0 aliphatic carbocycles. The second kappa shape index (κ2) is 15.0. The first-order valence-electron chi connectivity index (χ1n) is 11.5. The highest BCUT2D eigenvalue weighted by Crippen LogP contribution is 2.15. The number of hydrogen-bond donors (Lipinski definition) is 6. The number of rotatable bonds is 9. The molecule has 12 heteroatoms. The molecule has 0 radical (unpaired) electrons. The highest BCUT2D eigenvalue weighted by Gasteiger charge is 2.19. The van der Waals surface area contributed by atoms with E-state index in [0.717, 1.165) is 12.1 Å². The van der Waals surface area contributed by atoms with Crippen molar-refractivity contribution in [2.45, 2.75) is 20.0 Å². The minimum Gasteiger partial charge on any atom is -0.339 e. The molecule has 3 aromatic carbocycles. The summed E-state index contributed by atoms with van der Waals surface area (Å²) in [5.41, 5.74) is 8.80. The van der Waals surface area contributed by atoms with Crippen LogP contribution < -0.4 is 27.2 Å². The molecule has 0 bridgehead atoms. The fourth-order valence-corrected chi connectivity index (χ4v) is 3.26. The van der Waals surface area contributed by atoms with Gasteiger partial charge in [-0.1, -0.05) is 25.3 Å². The third-order valence-electron chi connectivity index (χ3n) is 5.35. The third-order valence-corrected chi connectivity index (χ3v) is 5.35. The predicted octanol–water partition coefficient (Wildman–Crippen LogP) is 2.43. The number of nitrogens with two attached hydrogens (primary N) is 1. The van der Waals surface area contributed by atoms with Crippen LogP contribution in [0, 0.1) is 29.3 Å². The summed E-state index contributed by atoms with van der Waals surface area (Å²) in [7, 11) is 0. The summed E-state index contributed by atoms with van der Waals surface area (Å²) in [6.45, 7) is -0.538. The summed E-state index contributed by atoms with van der Waals surface area (Å²) in [6.07, 6.45) is 0. The maximum Gasteiger partial charge on any atom is 0.267 e. The third kappa shape index (κ3) is 8.67. The van der Waals surface area contributed by atoms with Gasteiger partial charge in [0.2, 0.25) is 5.91 Å². The minimum absolute atomic E-state index is 0. The molecule has 0 unspecified atom stereocenters. The van der Waals surface area contributed by atoms with E-state index in [0.29, 0.717) is 16.8 Å². The lowest BCUT2D eigenvalue weighted by Crippen LogP contribution is -2.50. The van der Waals surface area contributed by atoms with Gasteiger partial charge in [-0.2, -0.15) is 0 Å². The van der Waals surface area contributed by atoms with Gasteiger partial charge in [0.25, 0.3) is 11.8 Å². The molecule has 1 atom stereocenters. The van der Waals surface area contributed by atoms with Gasteiger partial charge in [-0.05, 0) is 54.6 Å². The molecule has 0 spiro atoms. The Bertz CT molecular complexity index is 1400. The number of amides is 3. The molecular weight excluding hydrogens is 527 g/mol. The Kier molecular flexibility index (Phi) is 11.8. The van der Waals surface area contributed by atoms with Crippen LogP contribution in [0.15, 0.2) is 60.7 Å². The second-order valence-corrected chi connectivity index (χ2v) is 8.13. The highest BCUT2D eigenvalue weighted by molar-refractivity contribution is 5.97. The first-order valence-corrected chi connectivity index (χ1v) is 11.5. The van der Waals surface area contributed by atoms with Crippen molar-refractivity contribution >= 4 is 23.4 Å². The topological polar surface area (TPSA) is 146 Å². The lowest BCUT2D eigenvalue weighted by Gasteiger charge is -2.14. The van der Waals surface area contributed by atoms with Crippen molar-refractivity contribution in [2.75, 3.05) is 18.4 Å². The minimum atomic E-state index is -1.56. The molecule has 3 rings (SSSR count). The molecule has 3 amide bonds. The Labute approximate surface area is 228 Å². The molecule has 9 nitrogen and oxygen atoms in total. The fourth-order valence-electron chi connectivity index (χ4n) is 3.26. The maximum absolute atomic E-state index is 13.7. The van der Waals surface area contributed by atoms with E-state index >= 15 is 0 Å². The summed E-state index contributed by atoms with van der Waals surface area (Å²) in [5.74, 6) is -0.0348. The summed E-state index contributed by atoms with van der Waals surface area (Å²) >= 11 is 0. The zero-order valence-corrected chi connectivity index (χ0v) is 20.4. The van der Waals surface area contributed by atoms with Gasteiger partial charge in [-0.15, -0.1) is 0 Å². The van der Waals surface area contributed by atoms with Gasteiger partial charge in [-0.25, -0.2) is 18.7 Å². The van der Waals surface area contributed by atoms with Gasteiger partial charge in [-0.3, -0.25) is 19.6 Å². The molecular formula is C28H28F3N5O4. The van der Waals surface area contributed by atoms with Gasteiger partial charge >= 0.3 is 0 Å². The van der Waals surface area contributed by atoms with Crippen LogP contribution in [-0.4, -0.2) is 42.1 Å². The Morgan fingerprint density at radius 3 is 2.05 bits per heavy atom. The van der Waals surface area contributed by atoms with Crippen LogP contribution in [0.5, 0.6) is 0 Å². The van der Waals surface area contributed by atoms with E-state index in [-0.39, 0.29) is 38.2 Å². The van der Waals surface area contributed by atoms with Gasteiger partial charge in [0, 0.05) is 41.0 Å². The summed E-state index contributed by atoms with van der Waals surface area (Å²) < 4.78 is 39.9. The van der Waals surface area contributed by atoms with Gasteiger partial charge < -0.3 is 21.7 Å². The van der Waals surface area contributed by atoms with Crippen LogP contribution in [-0.2, 0) is 16.1 Å². The van der Waals surface area contributed by atoms with Crippen molar-refractivity contribution in [2.24, 2.45) is 5.73 Å². The van der Waals surface area contributed by atoms with Gasteiger partial charge in [0.15, 0.2) is 17.5 Å². The standard InChI is InChI=1S/C27H24F3N5O4.CH4/c28-21-12-9-19(24(29)25(21)30)14-32-15-23(36)33-20-10-5-17(6-11-20)2-1-16-3-7-18(8-4-16)26(37)34-22(13-31)27(38)35-39;/h3-12,22,32,39H,13-15,31H2,(H,33,36)(H,34,37)(H,35,38);1H4/t22-;/m0./s1. The van der Waals surface area contributed by atoms with Crippen LogP contribution in [0.4, 0.5) is 18.9 Å². The van der Waals surface area contributed by atoms with Crippen LogP contribution in [0.3, 0.4) is 0 Å². The van der Waals surface area contributed by atoms with Crippen LogP contribution in [0.25, 0.3) is 0 Å². The number of hydroxylamine groups is 1. The summed E-state index contributed by atoms with van der Waals surface area (Å²) in [4.78, 5) is 35.8. The Morgan fingerprint density at radius 2 is 1.48 bits per heavy atom. The van der Waals surface area contributed by atoms with E-state index in [1.807, 2.05) is 0 Å². The molecule has 210 valence electrons. The average Bonchev–Trinajstić information content (AvgIpc) is 2.95. The Hall–Kier alpha value is -4.70.